The molecule has 5 nitrogen and oxygen atoms in total. The molecule has 0 spiro atoms. The molecule has 0 saturated carbocycles. The number of carbonyl (C=O) groups is 2. The van der Waals surface area contributed by atoms with E-state index in [2.05, 4.69) is 10.9 Å². The van der Waals surface area contributed by atoms with Crippen LogP contribution in [0.1, 0.15) is 15.9 Å². The van der Waals surface area contributed by atoms with E-state index in [1.165, 1.54) is 0 Å². The van der Waals surface area contributed by atoms with Crippen LogP contribution in [0.3, 0.4) is 0 Å². The molecule has 0 bridgehead atoms. The zero-order chi connectivity index (χ0) is 15.9. The van der Waals surface area contributed by atoms with Crippen LogP contribution in [-0.4, -0.2) is 18.9 Å². The molecular weight excluding hydrogens is 304 g/mol. The zero-order valence-electron chi connectivity index (χ0n) is 11.9. The second-order valence-electron chi connectivity index (χ2n) is 4.50. The van der Waals surface area contributed by atoms with Crippen LogP contribution < -0.4 is 15.6 Å². The molecule has 0 fully saturated rings. The number of hydrogen-bond donors (Lipinski definition) is 2. The second kappa shape index (κ2) is 7.47. The van der Waals surface area contributed by atoms with Gasteiger partial charge >= 0.3 is 0 Å². The Morgan fingerprint density at radius 2 is 1.73 bits per heavy atom. The predicted molar refractivity (Wildman–Crippen MR) is 83.8 cm³/mol. The van der Waals surface area contributed by atoms with Gasteiger partial charge in [0.25, 0.3) is 5.91 Å². The Morgan fingerprint density at radius 3 is 2.41 bits per heavy atom. The summed E-state index contributed by atoms with van der Waals surface area (Å²) in [6, 6.07) is 13.6. The van der Waals surface area contributed by atoms with Crippen LogP contribution in [0.4, 0.5) is 0 Å². The quantitative estimate of drug-likeness (QED) is 0.850. The van der Waals surface area contributed by atoms with Crippen LogP contribution in [0.25, 0.3) is 0 Å². The lowest BCUT2D eigenvalue weighted by atomic mass is 10.1. The van der Waals surface area contributed by atoms with Crippen molar-refractivity contribution in [2.24, 2.45) is 0 Å². The predicted octanol–water partition coefficient (Wildman–Crippen LogP) is 2.35. The van der Waals surface area contributed by atoms with Crippen LogP contribution >= 0.6 is 11.6 Å². The smallest absolute Gasteiger partial charge is 0.269 e. The average Bonchev–Trinajstić information content (AvgIpc) is 2.54. The molecule has 2 aromatic rings. The van der Waals surface area contributed by atoms with Crippen LogP contribution in [-0.2, 0) is 11.2 Å². The maximum atomic E-state index is 11.9. The number of hydrazine groups is 1. The molecule has 0 aromatic heterocycles. The number of rotatable bonds is 4. The Bertz CT molecular complexity index is 671. The molecule has 0 atom stereocenters. The van der Waals surface area contributed by atoms with Gasteiger partial charge < -0.3 is 4.74 Å². The maximum absolute atomic E-state index is 11.9. The van der Waals surface area contributed by atoms with Gasteiger partial charge in [-0.05, 0) is 30.3 Å². The van der Waals surface area contributed by atoms with Gasteiger partial charge in [-0.3, -0.25) is 20.4 Å². The summed E-state index contributed by atoms with van der Waals surface area (Å²) < 4.78 is 5.17. The van der Waals surface area contributed by atoms with Crippen molar-refractivity contribution in [3.8, 4) is 5.75 Å². The monoisotopic (exact) mass is 318 g/mol. The number of methoxy groups -OCH3 is 1. The molecule has 0 aliphatic rings. The van der Waals surface area contributed by atoms with Crippen molar-refractivity contribution in [3.05, 3.63) is 64.7 Å². The summed E-state index contributed by atoms with van der Waals surface area (Å²) in [6.07, 6.45) is 0.102. The van der Waals surface area contributed by atoms with E-state index in [0.29, 0.717) is 16.3 Å². The molecule has 0 aliphatic heterocycles. The zero-order valence-corrected chi connectivity index (χ0v) is 12.7. The van der Waals surface area contributed by atoms with Gasteiger partial charge in [0.2, 0.25) is 5.91 Å². The summed E-state index contributed by atoms with van der Waals surface area (Å²) in [5.74, 6) is -0.126. The average molecular weight is 319 g/mol. The molecule has 2 N–H and O–H groups in total. The van der Waals surface area contributed by atoms with E-state index in [-0.39, 0.29) is 12.3 Å². The van der Waals surface area contributed by atoms with E-state index in [0.717, 1.165) is 5.56 Å². The van der Waals surface area contributed by atoms with E-state index in [1.807, 2.05) is 12.1 Å². The van der Waals surface area contributed by atoms with Gasteiger partial charge in [-0.1, -0.05) is 29.8 Å². The first-order valence-corrected chi connectivity index (χ1v) is 6.94. The summed E-state index contributed by atoms with van der Waals surface area (Å²) >= 11 is 5.75. The highest BCUT2D eigenvalue weighted by Crippen LogP contribution is 2.17. The number of carbonyl (C=O) groups excluding carboxylic acids is 2. The molecule has 2 rings (SSSR count). The van der Waals surface area contributed by atoms with Crippen LogP contribution in [0.2, 0.25) is 5.02 Å². The van der Waals surface area contributed by atoms with Crippen molar-refractivity contribution in [3.63, 3.8) is 0 Å². The number of ether oxygens (including phenoxy) is 1. The standard InChI is InChI=1S/C16H15ClN2O3/c1-22-14-5-3-2-4-12(14)10-15(20)18-19-16(21)11-6-8-13(17)9-7-11/h2-9H,10H2,1H3,(H,18,20)(H,19,21). The van der Waals surface area contributed by atoms with E-state index >= 15 is 0 Å². The van der Waals surface area contributed by atoms with Crippen molar-refractivity contribution in [2.45, 2.75) is 6.42 Å². The van der Waals surface area contributed by atoms with E-state index in [1.54, 1.807) is 43.5 Å². The summed E-state index contributed by atoms with van der Waals surface area (Å²) in [4.78, 5) is 23.7. The lowest BCUT2D eigenvalue weighted by Crippen LogP contribution is -2.42. The number of benzene rings is 2. The van der Waals surface area contributed by atoms with Gasteiger partial charge in [0.15, 0.2) is 0 Å². The van der Waals surface area contributed by atoms with Crippen LogP contribution in [0.5, 0.6) is 5.75 Å². The minimum absolute atomic E-state index is 0.102. The summed E-state index contributed by atoms with van der Waals surface area (Å²) in [6.45, 7) is 0. The highest BCUT2D eigenvalue weighted by molar-refractivity contribution is 6.30. The fourth-order valence-electron chi connectivity index (χ4n) is 1.87. The largest absolute Gasteiger partial charge is 0.496 e. The summed E-state index contributed by atoms with van der Waals surface area (Å²) in [5.41, 5.74) is 5.87. The number of amides is 2. The van der Waals surface area contributed by atoms with Gasteiger partial charge in [-0.15, -0.1) is 0 Å². The van der Waals surface area contributed by atoms with Gasteiger partial charge in [-0.2, -0.15) is 0 Å². The van der Waals surface area contributed by atoms with Gasteiger partial charge in [-0.25, -0.2) is 0 Å². The Hall–Kier alpha value is -2.53. The fourth-order valence-corrected chi connectivity index (χ4v) is 1.99. The van der Waals surface area contributed by atoms with E-state index < -0.39 is 5.91 Å². The molecule has 0 unspecified atom stereocenters. The lowest BCUT2D eigenvalue weighted by Gasteiger charge is -2.10. The SMILES string of the molecule is COc1ccccc1CC(=O)NNC(=O)c1ccc(Cl)cc1. The first-order chi connectivity index (χ1) is 10.6. The molecule has 0 radical (unpaired) electrons. The van der Waals surface area contributed by atoms with Crippen molar-refractivity contribution in [2.75, 3.05) is 7.11 Å². The minimum atomic E-state index is -0.412. The Kier molecular flexibility index (Phi) is 5.38. The minimum Gasteiger partial charge on any atom is -0.496 e. The van der Waals surface area contributed by atoms with Crippen LogP contribution in [0, 0.1) is 0 Å². The third-order valence-electron chi connectivity index (χ3n) is 2.97. The Balaban J connectivity index is 1.90. The summed E-state index contributed by atoms with van der Waals surface area (Å²) in [5, 5.41) is 0.539. The molecular formula is C16H15ClN2O3. The lowest BCUT2D eigenvalue weighted by molar-refractivity contribution is -0.121. The van der Waals surface area contributed by atoms with Gasteiger partial charge in [0, 0.05) is 16.1 Å². The Labute approximate surface area is 133 Å². The number of halogens is 1. The van der Waals surface area contributed by atoms with Crippen LogP contribution in [0.15, 0.2) is 48.5 Å². The molecule has 114 valence electrons. The van der Waals surface area contributed by atoms with Crippen molar-refractivity contribution < 1.29 is 14.3 Å². The molecule has 0 aliphatic carbocycles. The van der Waals surface area contributed by atoms with E-state index in [9.17, 15) is 9.59 Å². The van der Waals surface area contributed by atoms with Gasteiger partial charge in [0.05, 0.1) is 13.5 Å². The molecule has 0 heterocycles. The number of nitrogens with one attached hydrogen (secondary N) is 2. The maximum Gasteiger partial charge on any atom is 0.269 e. The van der Waals surface area contributed by atoms with Crippen molar-refractivity contribution >= 4 is 23.4 Å². The molecule has 2 amide bonds. The number of para-hydroxylation sites is 1. The molecule has 22 heavy (non-hydrogen) atoms. The first-order valence-electron chi connectivity index (χ1n) is 6.57. The fraction of sp³-hybridized carbons (Fsp3) is 0.125. The molecule has 2 aromatic carbocycles. The highest BCUT2D eigenvalue weighted by atomic mass is 35.5. The van der Waals surface area contributed by atoms with Crippen molar-refractivity contribution in [1.82, 2.24) is 10.9 Å². The van der Waals surface area contributed by atoms with E-state index in [4.69, 9.17) is 16.3 Å². The van der Waals surface area contributed by atoms with Crippen molar-refractivity contribution in [1.29, 1.82) is 0 Å². The number of hydrogen-bond acceptors (Lipinski definition) is 3. The topological polar surface area (TPSA) is 67.4 Å². The third-order valence-corrected chi connectivity index (χ3v) is 3.22. The highest BCUT2D eigenvalue weighted by Gasteiger charge is 2.10. The molecule has 0 saturated heterocycles. The second-order valence-corrected chi connectivity index (χ2v) is 4.93. The Morgan fingerprint density at radius 1 is 1.05 bits per heavy atom. The van der Waals surface area contributed by atoms with Gasteiger partial charge in [0.1, 0.15) is 5.75 Å². The summed E-state index contributed by atoms with van der Waals surface area (Å²) in [7, 11) is 1.54. The normalized spacial score (nSPS) is 9.91. The molecule has 6 heteroatoms. The first kappa shape index (κ1) is 15.9. The third kappa shape index (κ3) is 4.23.